The van der Waals surface area contributed by atoms with Crippen LogP contribution in [0.5, 0.6) is 0 Å². The number of rotatable bonds is 3. The highest BCUT2D eigenvalue weighted by molar-refractivity contribution is 7.17. The van der Waals surface area contributed by atoms with Crippen LogP contribution in [0.4, 0.5) is 0 Å². The SMILES string of the molecule is CC1CCC(CN)(Cc2csc3ccccc23)CC1. The van der Waals surface area contributed by atoms with Crippen molar-refractivity contribution in [3.05, 3.63) is 35.2 Å². The van der Waals surface area contributed by atoms with Crippen LogP contribution < -0.4 is 5.73 Å². The molecule has 19 heavy (non-hydrogen) atoms. The zero-order chi connectivity index (χ0) is 13.3. The Morgan fingerprint density at radius 1 is 1.26 bits per heavy atom. The summed E-state index contributed by atoms with van der Waals surface area (Å²) in [5.74, 6) is 0.888. The summed E-state index contributed by atoms with van der Waals surface area (Å²) in [4.78, 5) is 0. The Kier molecular flexibility index (Phi) is 3.64. The van der Waals surface area contributed by atoms with Gasteiger partial charge in [0.05, 0.1) is 0 Å². The first-order valence-electron chi connectivity index (χ1n) is 7.38. The van der Waals surface area contributed by atoms with Crippen molar-refractivity contribution in [1.82, 2.24) is 0 Å². The molecule has 0 amide bonds. The van der Waals surface area contributed by atoms with Gasteiger partial charge in [0.1, 0.15) is 0 Å². The van der Waals surface area contributed by atoms with Crippen molar-refractivity contribution in [2.75, 3.05) is 6.54 Å². The van der Waals surface area contributed by atoms with Gasteiger partial charge in [0.2, 0.25) is 0 Å². The molecule has 1 aromatic heterocycles. The van der Waals surface area contributed by atoms with Gasteiger partial charge in [0.15, 0.2) is 0 Å². The molecule has 1 saturated carbocycles. The maximum absolute atomic E-state index is 6.15. The first kappa shape index (κ1) is 13.1. The molecule has 1 heterocycles. The van der Waals surface area contributed by atoms with Crippen LogP contribution >= 0.6 is 11.3 Å². The van der Waals surface area contributed by atoms with Gasteiger partial charge < -0.3 is 5.73 Å². The van der Waals surface area contributed by atoms with E-state index >= 15 is 0 Å². The van der Waals surface area contributed by atoms with E-state index in [0.717, 1.165) is 12.5 Å². The molecule has 1 aliphatic carbocycles. The van der Waals surface area contributed by atoms with Crippen LogP contribution in [0.2, 0.25) is 0 Å². The predicted molar refractivity (Wildman–Crippen MR) is 84.6 cm³/mol. The summed E-state index contributed by atoms with van der Waals surface area (Å²) < 4.78 is 1.41. The first-order valence-corrected chi connectivity index (χ1v) is 8.26. The molecule has 1 aromatic carbocycles. The number of nitrogens with two attached hydrogens (primary N) is 1. The first-order chi connectivity index (χ1) is 9.22. The fourth-order valence-electron chi connectivity index (χ4n) is 3.40. The molecule has 1 aliphatic rings. The van der Waals surface area contributed by atoms with Crippen molar-refractivity contribution in [3.8, 4) is 0 Å². The van der Waals surface area contributed by atoms with Crippen LogP contribution in [0.1, 0.15) is 38.2 Å². The molecular weight excluding hydrogens is 250 g/mol. The molecule has 0 atom stereocenters. The summed E-state index contributed by atoms with van der Waals surface area (Å²) in [7, 11) is 0. The molecule has 2 aromatic rings. The second kappa shape index (κ2) is 5.26. The Balaban J connectivity index is 1.86. The normalized spacial score (nSPS) is 27.8. The maximum atomic E-state index is 6.15. The third kappa shape index (κ3) is 2.56. The van der Waals surface area contributed by atoms with Crippen LogP contribution in [-0.2, 0) is 6.42 Å². The maximum Gasteiger partial charge on any atom is 0.0345 e. The highest BCUT2D eigenvalue weighted by atomic mass is 32.1. The quantitative estimate of drug-likeness (QED) is 0.869. The Morgan fingerprint density at radius 3 is 2.74 bits per heavy atom. The minimum Gasteiger partial charge on any atom is -0.330 e. The van der Waals surface area contributed by atoms with Gasteiger partial charge in [-0.1, -0.05) is 38.0 Å². The second-order valence-corrected chi connectivity index (χ2v) is 7.23. The molecular formula is C17H23NS. The third-order valence-electron chi connectivity index (χ3n) is 4.89. The fourth-order valence-corrected chi connectivity index (χ4v) is 4.36. The monoisotopic (exact) mass is 273 g/mol. The zero-order valence-corrected chi connectivity index (χ0v) is 12.5. The van der Waals surface area contributed by atoms with Crippen molar-refractivity contribution in [1.29, 1.82) is 0 Å². The average molecular weight is 273 g/mol. The van der Waals surface area contributed by atoms with Crippen molar-refractivity contribution in [2.24, 2.45) is 17.1 Å². The summed E-state index contributed by atoms with van der Waals surface area (Å²) in [6.07, 6.45) is 6.46. The zero-order valence-electron chi connectivity index (χ0n) is 11.7. The largest absolute Gasteiger partial charge is 0.330 e. The minimum absolute atomic E-state index is 0.357. The van der Waals surface area contributed by atoms with Crippen molar-refractivity contribution in [2.45, 2.75) is 39.0 Å². The average Bonchev–Trinajstić information content (AvgIpc) is 2.85. The molecule has 2 heteroatoms. The van der Waals surface area contributed by atoms with Crippen LogP contribution in [0.25, 0.3) is 10.1 Å². The van der Waals surface area contributed by atoms with E-state index in [1.165, 1.54) is 47.8 Å². The van der Waals surface area contributed by atoms with Crippen molar-refractivity contribution >= 4 is 21.4 Å². The number of hydrogen-bond acceptors (Lipinski definition) is 2. The molecule has 0 unspecified atom stereocenters. The van der Waals surface area contributed by atoms with Crippen LogP contribution in [0, 0.1) is 11.3 Å². The third-order valence-corrected chi connectivity index (χ3v) is 5.91. The smallest absolute Gasteiger partial charge is 0.0345 e. The molecule has 3 rings (SSSR count). The Morgan fingerprint density at radius 2 is 2.00 bits per heavy atom. The summed E-state index contributed by atoms with van der Waals surface area (Å²) in [5.41, 5.74) is 8.02. The minimum atomic E-state index is 0.357. The Hall–Kier alpha value is -0.860. The van der Waals surface area contributed by atoms with E-state index in [-0.39, 0.29) is 0 Å². The highest BCUT2D eigenvalue weighted by Gasteiger charge is 2.33. The lowest BCUT2D eigenvalue weighted by molar-refractivity contribution is 0.164. The van der Waals surface area contributed by atoms with Gasteiger partial charge in [-0.15, -0.1) is 11.3 Å². The van der Waals surface area contributed by atoms with E-state index in [9.17, 15) is 0 Å². The summed E-state index contributed by atoms with van der Waals surface area (Å²) in [6, 6.07) is 8.76. The molecule has 1 fully saturated rings. The fraction of sp³-hybridized carbons (Fsp3) is 0.529. The molecule has 0 spiro atoms. The predicted octanol–water partition coefficient (Wildman–Crippen LogP) is 4.60. The Labute approximate surface area is 119 Å². The van der Waals surface area contributed by atoms with Crippen molar-refractivity contribution in [3.63, 3.8) is 0 Å². The van der Waals surface area contributed by atoms with E-state index in [0.29, 0.717) is 5.41 Å². The number of hydrogen-bond donors (Lipinski definition) is 1. The molecule has 2 N–H and O–H groups in total. The van der Waals surface area contributed by atoms with Gasteiger partial charge in [0.25, 0.3) is 0 Å². The topological polar surface area (TPSA) is 26.0 Å². The number of benzene rings is 1. The van der Waals surface area contributed by atoms with Gasteiger partial charge >= 0.3 is 0 Å². The summed E-state index contributed by atoms with van der Waals surface area (Å²) >= 11 is 1.87. The van der Waals surface area contributed by atoms with E-state index in [4.69, 9.17) is 5.73 Å². The molecule has 0 bridgehead atoms. The van der Waals surface area contributed by atoms with Gasteiger partial charge in [-0.05, 0) is 59.5 Å². The van der Waals surface area contributed by atoms with E-state index in [1.807, 2.05) is 11.3 Å². The Bertz CT molecular complexity index is 549. The lowest BCUT2D eigenvalue weighted by Gasteiger charge is -2.38. The van der Waals surface area contributed by atoms with Gasteiger partial charge in [-0.25, -0.2) is 0 Å². The molecule has 102 valence electrons. The van der Waals surface area contributed by atoms with Gasteiger partial charge in [0, 0.05) is 4.70 Å². The van der Waals surface area contributed by atoms with Gasteiger partial charge in [-0.2, -0.15) is 0 Å². The molecule has 0 radical (unpaired) electrons. The van der Waals surface area contributed by atoms with Crippen molar-refractivity contribution < 1.29 is 0 Å². The molecule has 1 nitrogen and oxygen atoms in total. The second-order valence-electron chi connectivity index (χ2n) is 6.32. The van der Waals surface area contributed by atoms with Crippen LogP contribution in [0.15, 0.2) is 29.6 Å². The molecule has 0 saturated heterocycles. The van der Waals surface area contributed by atoms with Crippen LogP contribution in [-0.4, -0.2) is 6.54 Å². The lowest BCUT2D eigenvalue weighted by atomic mass is 9.68. The lowest BCUT2D eigenvalue weighted by Crippen LogP contribution is -2.36. The molecule has 0 aliphatic heterocycles. The standard InChI is InChI=1S/C17H23NS/c1-13-6-8-17(12-18,9-7-13)10-14-11-19-16-5-3-2-4-15(14)16/h2-5,11,13H,6-10,12,18H2,1H3. The van der Waals surface area contributed by atoms with Gasteiger partial charge in [-0.3, -0.25) is 0 Å². The number of thiophene rings is 1. The van der Waals surface area contributed by atoms with E-state index in [2.05, 4.69) is 36.6 Å². The van der Waals surface area contributed by atoms with Crippen LogP contribution in [0.3, 0.4) is 0 Å². The van der Waals surface area contributed by atoms with E-state index < -0.39 is 0 Å². The summed E-state index contributed by atoms with van der Waals surface area (Å²) in [6.45, 7) is 3.21. The summed E-state index contributed by atoms with van der Waals surface area (Å²) in [5, 5.41) is 3.79. The van der Waals surface area contributed by atoms with E-state index in [1.54, 1.807) is 0 Å². The number of fused-ring (bicyclic) bond motifs is 1. The highest BCUT2D eigenvalue weighted by Crippen LogP contribution is 2.42.